The summed E-state index contributed by atoms with van der Waals surface area (Å²) in [5.41, 5.74) is 0. The van der Waals surface area contributed by atoms with Gasteiger partial charge in [-0.2, -0.15) is 0 Å². The van der Waals surface area contributed by atoms with Gasteiger partial charge in [0.25, 0.3) is 0 Å². The fourth-order valence-electron chi connectivity index (χ4n) is 7.43. The number of ether oxygens (including phenoxy) is 3. The standard InChI is InChI=1S/C64H105O11P/c1-4-7-10-13-16-19-22-25-28-29-30-31-34-37-40-43-46-49-52-55-64(68)75-61(57-71-62(66)53-50-47-44-41-38-35-32-26-23-20-17-14-11-8-5-2)59-73-76(69,70)72-58-60(56-65)74-63(67)54-51-48-45-42-39-36-33-27-24-21-18-15-12-9-6-3/h7,9-10,12,16-21,25-28,30-33,39,42,60-61,65H,4-6,8,11,13-15,22-24,29,34-38,40-41,43-59H2,1-3H3,(H,69,70)/b10-7-,12-9-,19-16-,20-17-,21-18-,28-25-,31-30-,32-26-,33-27-,42-39-. The normalized spacial score (nSPS) is 14.2. The van der Waals surface area contributed by atoms with Crippen molar-refractivity contribution in [3.63, 3.8) is 0 Å². The van der Waals surface area contributed by atoms with Gasteiger partial charge in [-0.05, 0) is 128 Å². The summed E-state index contributed by atoms with van der Waals surface area (Å²) in [6.07, 6.45) is 70.1. The zero-order valence-electron chi connectivity index (χ0n) is 47.7. The van der Waals surface area contributed by atoms with Gasteiger partial charge in [-0.1, -0.05) is 200 Å². The highest BCUT2D eigenvalue weighted by Gasteiger charge is 2.28. The van der Waals surface area contributed by atoms with Crippen molar-refractivity contribution in [1.29, 1.82) is 0 Å². The summed E-state index contributed by atoms with van der Waals surface area (Å²) in [6, 6.07) is 0. The molecule has 0 radical (unpaired) electrons. The molecule has 3 unspecified atom stereocenters. The van der Waals surface area contributed by atoms with Crippen LogP contribution in [-0.4, -0.2) is 66.5 Å². The maximum atomic E-state index is 12.9. The summed E-state index contributed by atoms with van der Waals surface area (Å²) in [5, 5.41) is 9.81. The van der Waals surface area contributed by atoms with Crippen LogP contribution in [0, 0.1) is 0 Å². The van der Waals surface area contributed by atoms with Crippen molar-refractivity contribution in [2.45, 2.75) is 238 Å². The van der Waals surface area contributed by atoms with Gasteiger partial charge in [0.05, 0.1) is 19.8 Å². The summed E-state index contributed by atoms with van der Waals surface area (Å²) in [4.78, 5) is 48.6. The van der Waals surface area contributed by atoms with Gasteiger partial charge < -0.3 is 24.2 Å². The Hall–Kier alpha value is -4.12. The van der Waals surface area contributed by atoms with E-state index in [4.69, 9.17) is 23.3 Å². The number of carbonyl (C=O) groups excluding carboxylic acids is 3. The lowest BCUT2D eigenvalue weighted by Crippen LogP contribution is -2.30. The molecule has 0 aromatic carbocycles. The third-order valence-electron chi connectivity index (χ3n) is 11.8. The summed E-state index contributed by atoms with van der Waals surface area (Å²) in [6.45, 7) is 4.30. The molecule has 0 fully saturated rings. The van der Waals surface area contributed by atoms with E-state index in [1.807, 2.05) is 0 Å². The van der Waals surface area contributed by atoms with Gasteiger partial charge in [0.1, 0.15) is 12.7 Å². The van der Waals surface area contributed by atoms with E-state index in [1.54, 1.807) is 0 Å². The van der Waals surface area contributed by atoms with Crippen molar-refractivity contribution < 1.29 is 52.2 Å². The molecule has 0 bridgehead atoms. The van der Waals surface area contributed by atoms with E-state index in [-0.39, 0.29) is 25.9 Å². The van der Waals surface area contributed by atoms with E-state index in [0.29, 0.717) is 19.3 Å². The lowest BCUT2D eigenvalue weighted by molar-refractivity contribution is -0.161. The minimum absolute atomic E-state index is 0.117. The first-order chi connectivity index (χ1) is 37.2. The molecule has 0 aliphatic carbocycles. The van der Waals surface area contributed by atoms with Gasteiger partial charge in [-0.15, -0.1) is 0 Å². The van der Waals surface area contributed by atoms with Crippen LogP contribution >= 0.6 is 7.82 Å². The zero-order valence-corrected chi connectivity index (χ0v) is 48.6. The Morgan fingerprint density at radius 3 is 1.08 bits per heavy atom. The molecular weight excluding hydrogens is 976 g/mol. The van der Waals surface area contributed by atoms with Gasteiger partial charge in [0.2, 0.25) is 0 Å². The number of allylic oxidation sites excluding steroid dienone is 20. The topological polar surface area (TPSA) is 155 Å². The maximum Gasteiger partial charge on any atom is 0.472 e. The van der Waals surface area contributed by atoms with Crippen LogP contribution < -0.4 is 0 Å². The van der Waals surface area contributed by atoms with E-state index in [9.17, 15) is 28.9 Å². The van der Waals surface area contributed by atoms with E-state index in [2.05, 4.69) is 142 Å². The van der Waals surface area contributed by atoms with Crippen LogP contribution in [0.25, 0.3) is 0 Å². The first-order valence-corrected chi connectivity index (χ1v) is 30.9. The number of hydrogen-bond acceptors (Lipinski definition) is 10. The largest absolute Gasteiger partial charge is 0.472 e. The number of unbranched alkanes of at least 4 members (excludes halogenated alkanes) is 16. The molecule has 0 aromatic heterocycles. The number of hydrogen-bond donors (Lipinski definition) is 2. The second-order valence-corrected chi connectivity index (χ2v) is 20.5. The number of esters is 3. The Bertz CT molecular complexity index is 1740. The van der Waals surface area contributed by atoms with Crippen LogP contribution in [0.5, 0.6) is 0 Å². The number of phosphoric ester groups is 1. The highest BCUT2D eigenvalue weighted by Crippen LogP contribution is 2.43. The Kier molecular flexibility index (Phi) is 54.0. The first kappa shape index (κ1) is 71.9. The number of aliphatic hydroxyl groups is 1. The lowest BCUT2D eigenvalue weighted by Gasteiger charge is -2.21. The van der Waals surface area contributed by atoms with E-state index in [1.165, 1.54) is 19.3 Å². The number of aliphatic hydroxyl groups excluding tert-OH is 1. The molecule has 0 aromatic rings. The van der Waals surface area contributed by atoms with Gasteiger partial charge in [0.15, 0.2) is 6.10 Å². The van der Waals surface area contributed by atoms with Crippen LogP contribution in [0.2, 0.25) is 0 Å². The van der Waals surface area contributed by atoms with Gasteiger partial charge in [-0.3, -0.25) is 23.4 Å². The van der Waals surface area contributed by atoms with Crippen molar-refractivity contribution in [1.82, 2.24) is 0 Å². The molecule has 0 amide bonds. The Morgan fingerprint density at radius 2 is 0.684 bits per heavy atom. The molecule has 12 heteroatoms. The molecule has 432 valence electrons. The van der Waals surface area contributed by atoms with E-state index in [0.717, 1.165) is 148 Å². The Morgan fingerprint density at radius 1 is 0.382 bits per heavy atom. The summed E-state index contributed by atoms with van der Waals surface area (Å²) in [5.74, 6) is -1.55. The lowest BCUT2D eigenvalue weighted by atomic mass is 10.1. The van der Waals surface area contributed by atoms with Gasteiger partial charge in [-0.25, -0.2) is 4.57 Å². The summed E-state index contributed by atoms with van der Waals surface area (Å²) in [7, 11) is -4.78. The molecule has 0 spiro atoms. The summed E-state index contributed by atoms with van der Waals surface area (Å²) < 4.78 is 39.5. The van der Waals surface area contributed by atoms with Crippen LogP contribution in [0.15, 0.2) is 122 Å². The van der Waals surface area contributed by atoms with Crippen LogP contribution in [0.4, 0.5) is 0 Å². The molecule has 11 nitrogen and oxygen atoms in total. The minimum Gasteiger partial charge on any atom is -0.462 e. The molecule has 76 heavy (non-hydrogen) atoms. The monoisotopic (exact) mass is 1080 g/mol. The highest BCUT2D eigenvalue weighted by atomic mass is 31.2. The van der Waals surface area contributed by atoms with Gasteiger partial charge in [0, 0.05) is 19.3 Å². The molecular formula is C64H105O11P. The minimum atomic E-state index is -4.78. The third kappa shape index (κ3) is 54.7. The van der Waals surface area contributed by atoms with Crippen LogP contribution in [0.1, 0.15) is 226 Å². The van der Waals surface area contributed by atoms with Crippen molar-refractivity contribution in [3.8, 4) is 0 Å². The molecule has 0 saturated heterocycles. The van der Waals surface area contributed by atoms with Crippen molar-refractivity contribution in [2.75, 3.05) is 26.4 Å². The van der Waals surface area contributed by atoms with Crippen LogP contribution in [0.3, 0.4) is 0 Å². The smallest absolute Gasteiger partial charge is 0.462 e. The molecule has 0 aliphatic heterocycles. The Labute approximate surface area is 462 Å². The molecule has 3 atom stereocenters. The molecule has 2 N–H and O–H groups in total. The Balaban J connectivity index is 4.83. The van der Waals surface area contributed by atoms with Gasteiger partial charge >= 0.3 is 25.7 Å². The fourth-order valence-corrected chi connectivity index (χ4v) is 8.21. The predicted molar refractivity (Wildman–Crippen MR) is 316 cm³/mol. The second-order valence-electron chi connectivity index (χ2n) is 19.0. The van der Waals surface area contributed by atoms with Crippen LogP contribution in [-0.2, 0) is 42.2 Å². The molecule has 0 aliphatic rings. The zero-order chi connectivity index (χ0) is 55.5. The summed E-state index contributed by atoms with van der Waals surface area (Å²) >= 11 is 0. The quantitative estimate of drug-likeness (QED) is 0.0197. The number of phosphoric acid groups is 1. The van der Waals surface area contributed by atoms with Crippen molar-refractivity contribution >= 4 is 25.7 Å². The number of rotatable bonds is 53. The van der Waals surface area contributed by atoms with E-state index >= 15 is 0 Å². The molecule has 0 saturated carbocycles. The molecule has 0 rings (SSSR count). The fraction of sp³-hybridized carbons (Fsp3) is 0.641. The van der Waals surface area contributed by atoms with Crippen molar-refractivity contribution in [3.05, 3.63) is 122 Å². The second kappa shape index (κ2) is 57.1. The number of carbonyl (C=O) groups is 3. The predicted octanol–water partition coefficient (Wildman–Crippen LogP) is 17.6. The van der Waals surface area contributed by atoms with Crippen molar-refractivity contribution in [2.24, 2.45) is 0 Å². The average molecular weight is 1080 g/mol. The third-order valence-corrected chi connectivity index (χ3v) is 12.8. The average Bonchev–Trinajstić information content (AvgIpc) is 3.41. The maximum absolute atomic E-state index is 12.9. The van der Waals surface area contributed by atoms with E-state index < -0.39 is 57.8 Å². The first-order valence-electron chi connectivity index (χ1n) is 29.4. The SMILES string of the molecule is CC/C=C\C/C=C\C/C=C\C/C=C\CCCCCCCCC(=O)OC(COC(=O)CCCCCCC/C=C\C/C=C\CCCCC)COP(=O)(O)OCC(CO)OC(=O)CCCC/C=C\C/C=C\C/C=C\C/C=C\CC. The molecule has 0 heterocycles. The highest BCUT2D eigenvalue weighted by molar-refractivity contribution is 7.47.